The Labute approximate surface area is 129 Å². The minimum atomic E-state index is 0.126. The second kappa shape index (κ2) is 6.10. The van der Waals surface area contributed by atoms with E-state index in [1.54, 1.807) is 0 Å². The highest BCUT2D eigenvalue weighted by molar-refractivity contribution is 6.32. The maximum absolute atomic E-state index is 12.2. The van der Waals surface area contributed by atoms with Gasteiger partial charge in [-0.1, -0.05) is 18.5 Å². The zero-order chi connectivity index (χ0) is 14.8. The van der Waals surface area contributed by atoms with Gasteiger partial charge >= 0.3 is 0 Å². The van der Waals surface area contributed by atoms with Crippen molar-refractivity contribution in [3.05, 3.63) is 28.3 Å². The first-order valence-corrected chi connectivity index (χ1v) is 7.87. The van der Waals surface area contributed by atoms with Crippen molar-refractivity contribution in [3.63, 3.8) is 0 Å². The third kappa shape index (κ3) is 3.08. The monoisotopic (exact) mass is 306 g/mol. The van der Waals surface area contributed by atoms with E-state index in [-0.39, 0.29) is 11.7 Å². The van der Waals surface area contributed by atoms with E-state index in [2.05, 4.69) is 0 Å². The van der Waals surface area contributed by atoms with Crippen molar-refractivity contribution in [2.24, 2.45) is 5.92 Å². The average molecular weight is 307 g/mol. The Morgan fingerprint density at radius 2 is 2.05 bits per heavy atom. The number of allylic oxidation sites excluding steroid dienone is 1. The van der Waals surface area contributed by atoms with E-state index in [4.69, 9.17) is 21.1 Å². The third-order valence-corrected chi connectivity index (χ3v) is 4.29. The standard InChI is InChI=1S/C17H19ClO3/c1-11-4-2-5-13(16(11)19)8-12-9-14(18)17-15(10-12)20-6-3-7-21-17/h8-11H,2-7H2,1H3/b13-8+/t11-/m0/s1. The van der Waals surface area contributed by atoms with Gasteiger partial charge in [0.25, 0.3) is 0 Å². The maximum Gasteiger partial charge on any atom is 0.179 e. The zero-order valence-electron chi connectivity index (χ0n) is 12.2. The molecule has 0 spiro atoms. The van der Waals surface area contributed by atoms with Gasteiger partial charge < -0.3 is 9.47 Å². The molecule has 1 fully saturated rings. The lowest BCUT2D eigenvalue weighted by Gasteiger charge is -2.19. The first-order valence-electron chi connectivity index (χ1n) is 7.49. The molecule has 0 saturated heterocycles. The lowest BCUT2D eigenvalue weighted by molar-refractivity contribution is -0.119. The highest BCUT2D eigenvalue weighted by Crippen LogP contribution is 2.39. The summed E-state index contributed by atoms with van der Waals surface area (Å²) in [5, 5.41) is 0.539. The van der Waals surface area contributed by atoms with E-state index in [1.165, 1.54) is 0 Å². The average Bonchev–Trinajstić information content (AvgIpc) is 2.70. The van der Waals surface area contributed by atoms with Gasteiger partial charge in [-0.25, -0.2) is 0 Å². The lowest BCUT2D eigenvalue weighted by Crippen LogP contribution is -2.18. The Bertz CT molecular complexity index is 592. The second-order valence-electron chi connectivity index (χ2n) is 5.71. The maximum atomic E-state index is 12.2. The van der Waals surface area contributed by atoms with Gasteiger partial charge in [-0.3, -0.25) is 4.79 Å². The number of fused-ring (bicyclic) bond motifs is 1. The molecule has 1 aromatic rings. The Hall–Kier alpha value is -1.48. The fourth-order valence-electron chi connectivity index (χ4n) is 2.85. The Kier molecular flexibility index (Phi) is 4.20. The van der Waals surface area contributed by atoms with Crippen LogP contribution in [-0.2, 0) is 4.79 Å². The summed E-state index contributed by atoms with van der Waals surface area (Å²) in [5.74, 6) is 1.66. The molecule has 0 amide bonds. The Morgan fingerprint density at radius 3 is 2.90 bits per heavy atom. The van der Waals surface area contributed by atoms with Gasteiger partial charge in [0.1, 0.15) is 0 Å². The van der Waals surface area contributed by atoms with Gasteiger partial charge in [0.15, 0.2) is 17.3 Å². The van der Waals surface area contributed by atoms with Crippen LogP contribution in [0.15, 0.2) is 17.7 Å². The summed E-state index contributed by atoms with van der Waals surface area (Å²) >= 11 is 6.28. The molecule has 21 heavy (non-hydrogen) atoms. The number of benzene rings is 1. The largest absolute Gasteiger partial charge is 0.489 e. The lowest BCUT2D eigenvalue weighted by atomic mass is 9.84. The van der Waals surface area contributed by atoms with Gasteiger partial charge in [0.05, 0.1) is 18.2 Å². The topological polar surface area (TPSA) is 35.5 Å². The predicted octanol–water partition coefficient (Wildman–Crippen LogP) is 4.27. The van der Waals surface area contributed by atoms with Crippen molar-refractivity contribution in [1.82, 2.24) is 0 Å². The summed E-state index contributed by atoms with van der Waals surface area (Å²) in [6.45, 7) is 3.23. The third-order valence-electron chi connectivity index (χ3n) is 4.01. The molecule has 3 nitrogen and oxygen atoms in total. The Morgan fingerprint density at radius 1 is 1.24 bits per heavy atom. The molecule has 112 valence electrons. The minimum absolute atomic E-state index is 0.126. The number of ether oxygens (including phenoxy) is 2. The van der Waals surface area contributed by atoms with Gasteiger partial charge in [0, 0.05) is 12.3 Å². The van der Waals surface area contributed by atoms with E-state index in [0.717, 1.165) is 36.8 Å². The summed E-state index contributed by atoms with van der Waals surface area (Å²) in [4.78, 5) is 12.2. The van der Waals surface area contributed by atoms with Crippen molar-refractivity contribution in [2.75, 3.05) is 13.2 Å². The number of hydrogen-bond acceptors (Lipinski definition) is 3. The molecule has 1 atom stereocenters. The number of rotatable bonds is 1. The first kappa shape index (κ1) is 14.5. The molecule has 1 aromatic carbocycles. The summed E-state index contributed by atoms with van der Waals surface area (Å²) in [6.07, 6.45) is 5.68. The van der Waals surface area contributed by atoms with Crippen LogP contribution in [0.25, 0.3) is 6.08 Å². The molecule has 0 bridgehead atoms. The van der Waals surface area contributed by atoms with Gasteiger partial charge in [-0.15, -0.1) is 0 Å². The molecule has 0 radical (unpaired) electrons. The number of carbonyl (C=O) groups is 1. The van der Waals surface area contributed by atoms with E-state index in [0.29, 0.717) is 29.7 Å². The van der Waals surface area contributed by atoms with Crippen molar-refractivity contribution < 1.29 is 14.3 Å². The highest BCUT2D eigenvalue weighted by Gasteiger charge is 2.23. The zero-order valence-corrected chi connectivity index (χ0v) is 12.9. The molecule has 3 rings (SSSR count). The predicted molar refractivity (Wildman–Crippen MR) is 83.1 cm³/mol. The molecule has 1 aliphatic heterocycles. The number of halogens is 1. The number of hydrogen-bond donors (Lipinski definition) is 0. The molecule has 0 aromatic heterocycles. The van der Waals surface area contributed by atoms with Crippen molar-refractivity contribution >= 4 is 23.5 Å². The fraction of sp³-hybridized carbons (Fsp3) is 0.471. The smallest absolute Gasteiger partial charge is 0.179 e. The van der Waals surface area contributed by atoms with Crippen LogP contribution in [0.5, 0.6) is 11.5 Å². The van der Waals surface area contributed by atoms with Gasteiger partial charge in [0.2, 0.25) is 0 Å². The van der Waals surface area contributed by atoms with Crippen LogP contribution in [-0.4, -0.2) is 19.0 Å². The van der Waals surface area contributed by atoms with E-state index in [9.17, 15) is 4.79 Å². The number of ketones is 1. The van der Waals surface area contributed by atoms with Crippen molar-refractivity contribution in [2.45, 2.75) is 32.6 Å². The van der Waals surface area contributed by atoms with Crippen LogP contribution >= 0.6 is 11.6 Å². The molecule has 1 heterocycles. The van der Waals surface area contributed by atoms with E-state index >= 15 is 0 Å². The highest BCUT2D eigenvalue weighted by atomic mass is 35.5. The number of carbonyl (C=O) groups excluding carboxylic acids is 1. The molecule has 0 N–H and O–H groups in total. The molecule has 1 aliphatic carbocycles. The van der Waals surface area contributed by atoms with Crippen LogP contribution in [0.3, 0.4) is 0 Å². The molecule has 0 unspecified atom stereocenters. The minimum Gasteiger partial charge on any atom is -0.489 e. The number of Topliss-reactive ketones (excluding diaryl/α,β-unsaturated/α-hetero) is 1. The SMILES string of the molecule is C[C@H]1CCC/C(=C\c2cc(Cl)c3c(c2)OCCCO3)C1=O. The quantitative estimate of drug-likeness (QED) is 0.727. The van der Waals surface area contributed by atoms with Crippen LogP contribution in [0, 0.1) is 5.92 Å². The van der Waals surface area contributed by atoms with Gasteiger partial charge in [-0.05, 0) is 48.6 Å². The van der Waals surface area contributed by atoms with Crippen LogP contribution in [0.4, 0.5) is 0 Å². The van der Waals surface area contributed by atoms with Crippen molar-refractivity contribution in [1.29, 1.82) is 0 Å². The molecular weight excluding hydrogens is 288 g/mol. The van der Waals surface area contributed by atoms with Crippen LogP contribution in [0.1, 0.15) is 38.2 Å². The summed E-state index contributed by atoms with van der Waals surface area (Å²) in [5.41, 5.74) is 1.79. The van der Waals surface area contributed by atoms with E-state index < -0.39 is 0 Å². The second-order valence-corrected chi connectivity index (χ2v) is 6.11. The first-order chi connectivity index (χ1) is 10.1. The van der Waals surface area contributed by atoms with Gasteiger partial charge in [-0.2, -0.15) is 0 Å². The molecule has 1 saturated carbocycles. The molecule has 2 aliphatic rings. The summed E-state index contributed by atoms with van der Waals surface area (Å²) < 4.78 is 11.3. The van der Waals surface area contributed by atoms with Crippen LogP contribution < -0.4 is 9.47 Å². The van der Waals surface area contributed by atoms with Crippen LogP contribution in [0.2, 0.25) is 5.02 Å². The van der Waals surface area contributed by atoms with Crippen molar-refractivity contribution in [3.8, 4) is 11.5 Å². The van der Waals surface area contributed by atoms with E-state index in [1.807, 2.05) is 25.1 Å². The fourth-order valence-corrected chi connectivity index (χ4v) is 3.12. The Balaban J connectivity index is 1.94. The molecule has 4 heteroatoms. The summed E-state index contributed by atoms with van der Waals surface area (Å²) in [7, 11) is 0. The molecular formula is C17H19ClO3. The normalized spacial score (nSPS) is 24.0. The summed E-state index contributed by atoms with van der Waals surface area (Å²) in [6, 6.07) is 3.75.